The van der Waals surface area contributed by atoms with Crippen molar-refractivity contribution in [3.8, 4) is 0 Å². The number of rotatable bonds is 5. The number of hydrogen-bond acceptors (Lipinski definition) is 3. The molecule has 0 aromatic rings. The standard InChI is InChI=1S/C29H44O3/c1-19(2)20(3)8-9-21(4)26-12-13-27-22(7-6-15-29(26,27)5)10-11-23-17-24(30)18-28-25(23)14-16-31-32-28/h8-11,14,19-21,24,26-28,30H,6-7,12-13,15-18H2,1-5H3/b9-8+,22-10+,23-11+/t20-,21+,24+,26+,27-,28?,29+/m0/s1. The van der Waals surface area contributed by atoms with Crippen LogP contribution >= 0.6 is 0 Å². The predicted molar refractivity (Wildman–Crippen MR) is 131 cm³/mol. The number of aliphatic hydroxyl groups excluding tert-OH is 1. The van der Waals surface area contributed by atoms with Crippen molar-refractivity contribution in [2.24, 2.45) is 35.0 Å². The van der Waals surface area contributed by atoms with Gasteiger partial charge in [-0.2, -0.15) is 0 Å². The van der Waals surface area contributed by atoms with Crippen molar-refractivity contribution in [2.75, 3.05) is 6.61 Å². The molecule has 3 heteroatoms. The fraction of sp³-hybridized carbons (Fsp3) is 0.724. The molecular weight excluding hydrogens is 396 g/mol. The molecule has 7 atom stereocenters. The van der Waals surface area contributed by atoms with Crippen LogP contribution in [0.15, 0.2) is 47.1 Å². The quantitative estimate of drug-likeness (QED) is 0.371. The smallest absolute Gasteiger partial charge is 0.120 e. The second-order valence-electron chi connectivity index (χ2n) is 11.5. The van der Waals surface area contributed by atoms with Gasteiger partial charge in [0.15, 0.2) is 0 Å². The second kappa shape index (κ2) is 9.99. The van der Waals surface area contributed by atoms with E-state index in [4.69, 9.17) is 9.78 Å². The van der Waals surface area contributed by atoms with Crippen LogP contribution in [0.5, 0.6) is 0 Å². The normalized spacial score (nSPS) is 39.9. The number of fused-ring (bicyclic) bond motifs is 2. The van der Waals surface area contributed by atoms with Crippen molar-refractivity contribution in [1.82, 2.24) is 0 Å². The van der Waals surface area contributed by atoms with E-state index < -0.39 is 0 Å². The Bertz CT molecular complexity index is 788. The Kier molecular flexibility index (Phi) is 7.49. The maximum absolute atomic E-state index is 10.3. The van der Waals surface area contributed by atoms with Crippen molar-refractivity contribution in [2.45, 2.75) is 91.8 Å². The topological polar surface area (TPSA) is 38.7 Å². The molecule has 0 aromatic heterocycles. The van der Waals surface area contributed by atoms with Gasteiger partial charge in [-0.15, -0.1) is 0 Å². The van der Waals surface area contributed by atoms with Crippen LogP contribution in [0.25, 0.3) is 0 Å². The first-order chi connectivity index (χ1) is 15.3. The maximum atomic E-state index is 10.3. The lowest BCUT2D eigenvalue weighted by Crippen LogP contribution is -2.35. The molecule has 3 fully saturated rings. The van der Waals surface area contributed by atoms with Gasteiger partial charge in [0, 0.05) is 6.42 Å². The molecule has 32 heavy (non-hydrogen) atoms. The van der Waals surface area contributed by atoms with Crippen LogP contribution in [-0.4, -0.2) is 23.9 Å². The van der Waals surface area contributed by atoms with Gasteiger partial charge < -0.3 is 5.11 Å². The van der Waals surface area contributed by atoms with Crippen LogP contribution in [0.4, 0.5) is 0 Å². The summed E-state index contributed by atoms with van der Waals surface area (Å²) in [4.78, 5) is 10.6. The van der Waals surface area contributed by atoms with E-state index in [0.29, 0.717) is 42.1 Å². The SMILES string of the molecule is CC(C)[C@@H](C)/C=C/[C@@H](C)[C@H]1CC[C@H]2/C(=C/C=C3\C[C@@H](O)CC4OOCC=C34)CCC[C@]12C. The monoisotopic (exact) mass is 440 g/mol. The van der Waals surface area contributed by atoms with Crippen molar-refractivity contribution in [1.29, 1.82) is 0 Å². The summed E-state index contributed by atoms with van der Waals surface area (Å²) in [6.07, 6.45) is 19.2. The van der Waals surface area contributed by atoms with Gasteiger partial charge in [-0.25, -0.2) is 9.78 Å². The first-order valence-electron chi connectivity index (χ1n) is 13.0. The summed E-state index contributed by atoms with van der Waals surface area (Å²) in [5.74, 6) is 3.46. The summed E-state index contributed by atoms with van der Waals surface area (Å²) in [5.41, 5.74) is 4.48. The number of aliphatic hydroxyl groups is 1. The Morgan fingerprint density at radius 2 is 1.94 bits per heavy atom. The van der Waals surface area contributed by atoms with E-state index in [1.165, 1.54) is 43.3 Å². The minimum atomic E-state index is -0.350. The summed E-state index contributed by atoms with van der Waals surface area (Å²) in [6, 6.07) is 0. The maximum Gasteiger partial charge on any atom is 0.120 e. The van der Waals surface area contributed by atoms with Crippen molar-refractivity contribution in [3.63, 3.8) is 0 Å². The Labute approximate surface area is 195 Å². The van der Waals surface area contributed by atoms with Crippen LogP contribution in [-0.2, 0) is 9.78 Å². The zero-order valence-corrected chi connectivity index (χ0v) is 20.8. The zero-order valence-electron chi connectivity index (χ0n) is 20.8. The Morgan fingerprint density at radius 3 is 2.72 bits per heavy atom. The first-order valence-corrected chi connectivity index (χ1v) is 13.0. The highest BCUT2D eigenvalue weighted by Gasteiger charge is 2.50. The second-order valence-corrected chi connectivity index (χ2v) is 11.5. The van der Waals surface area contributed by atoms with Crippen LogP contribution in [0, 0.1) is 35.0 Å². The van der Waals surface area contributed by atoms with E-state index in [2.05, 4.69) is 65.0 Å². The summed E-state index contributed by atoms with van der Waals surface area (Å²) in [7, 11) is 0. The Balaban J connectivity index is 1.52. The molecule has 1 unspecified atom stereocenters. The van der Waals surface area contributed by atoms with Gasteiger partial charge in [0.05, 0.1) is 6.10 Å². The molecular formula is C29H44O3. The molecule has 1 N–H and O–H groups in total. The average molecular weight is 441 g/mol. The van der Waals surface area contributed by atoms with Crippen molar-refractivity contribution < 1.29 is 14.9 Å². The van der Waals surface area contributed by atoms with Crippen LogP contribution in [0.2, 0.25) is 0 Å². The van der Waals surface area contributed by atoms with E-state index in [9.17, 15) is 5.11 Å². The molecule has 0 amide bonds. The third kappa shape index (κ3) is 4.86. The molecule has 1 heterocycles. The molecule has 0 bridgehead atoms. The molecule has 0 saturated heterocycles. The van der Waals surface area contributed by atoms with E-state index in [1.807, 2.05) is 0 Å². The minimum Gasteiger partial charge on any atom is -0.393 e. The lowest BCUT2D eigenvalue weighted by atomic mass is 9.61. The van der Waals surface area contributed by atoms with E-state index in [0.717, 1.165) is 12.3 Å². The van der Waals surface area contributed by atoms with Gasteiger partial charge in [0.2, 0.25) is 0 Å². The minimum absolute atomic E-state index is 0.120. The molecule has 4 rings (SSSR count). The van der Waals surface area contributed by atoms with Crippen LogP contribution in [0.1, 0.15) is 79.6 Å². The Hall–Kier alpha value is -1.16. The third-order valence-electron chi connectivity index (χ3n) is 9.16. The highest BCUT2D eigenvalue weighted by Crippen LogP contribution is 2.59. The average Bonchev–Trinajstić information content (AvgIpc) is 3.12. The molecule has 4 aliphatic rings. The molecule has 0 radical (unpaired) electrons. The van der Waals surface area contributed by atoms with Gasteiger partial charge in [0.1, 0.15) is 12.7 Å². The summed E-state index contributed by atoms with van der Waals surface area (Å²) < 4.78 is 0. The van der Waals surface area contributed by atoms with E-state index >= 15 is 0 Å². The third-order valence-corrected chi connectivity index (χ3v) is 9.16. The van der Waals surface area contributed by atoms with Gasteiger partial charge in [-0.1, -0.05) is 64.5 Å². The largest absolute Gasteiger partial charge is 0.393 e. The highest BCUT2D eigenvalue weighted by atomic mass is 17.2. The van der Waals surface area contributed by atoms with Gasteiger partial charge >= 0.3 is 0 Å². The zero-order chi connectivity index (χ0) is 22.9. The lowest BCUT2D eigenvalue weighted by Gasteiger charge is -2.44. The molecule has 178 valence electrons. The molecule has 0 spiro atoms. The van der Waals surface area contributed by atoms with E-state index in [-0.39, 0.29) is 12.2 Å². The Morgan fingerprint density at radius 1 is 1.12 bits per heavy atom. The first kappa shape index (κ1) is 24.0. The molecule has 1 aliphatic heterocycles. The van der Waals surface area contributed by atoms with Crippen molar-refractivity contribution >= 4 is 0 Å². The summed E-state index contributed by atoms with van der Waals surface area (Å²) >= 11 is 0. The van der Waals surface area contributed by atoms with Crippen LogP contribution < -0.4 is 0 Å². The highest BCUT2D eigenvalue weighted by molar-refractivity contribution is 5.41. The fourth-order valence-electron chi connectivity index (χ4n) is 6.86. The van der Waals surface area contributed by atoms with Gasteiger partial charge in [0.25, 0.3) is 0 Å². The molecule has 3 saturated carbocycles. The fourth-order valence-corrected chi connectivity index (χ4v) is 6.86. The van der Waals surface area contributed by atoms with Crippen molar-refractivity contribution in [3.05, 3.63) is 47.1 Å². The number of hydrogen-bond donors (Lipinski definition) is 1. The molecule has 0 aromatic carbocycles. The molecule has 3 aliphatic carbocycles. The summed E-state index contributed by atoms with van der Waals surface area (Å²) in [5, 5.41) is 10.3. The van der Waals surface area contributed by atoms with Gasteiger partial charge in [-0.3, -0.25) is 0 Å². The lowest BCUT2D eigenvalue weighted by molar-refractivity contribution is -0.320. The summed E-state index contributed by atoms with van der Waals surface area (Å²) in [6.45, 7) is 12.5. The molecule has 3 nitrogen and oxygen atoms in total. The van der Waals surface area contributed by atoms with E-state index in [1.54, 1.807) is 5.57 Å². The van der Waals surface area contributed by atoms with Crippen LogP contribution in [0.3, 0.4) is 0 Å². The van der Waals surface area contributed by atoms with Gasteiger partial charge in [-0.05, 0) is 90.8 Å². The number of allylic oxidation sites excluding steroid dienone is 5. The predicted octanol–water partition coefficient (Wildman–Crippen LogP) is 6.95.